The van der Waals surface area contributed by atoms with Gasteiger partial charge in [-0.05, 0) is 42.3 Å². The summed E-state index contributed by atoms with van der Waals surface area (Å²) in [5, 5.41) is 3.28. The van der Waals surface area contributed by atoms with Crippen LogP contribution in [0.1, 0.15) is 24.9 Å². The Morgan fingerprint density at radius 2 is 1.43 bits per heavy atom. The largest absolute Gasteiger partial charge is 0.313 e. The Hall–Kier alpha value is -1.65. The third kappa shape index (κ3) is 3.71. The molecule has 0 aliphatic carbocycles. The summed E-state index contributed by atoms with van der Waals surface area (Å²) in [6, 6.07) is 15.8. The van der Waals surface area contributed by atoms with Gasteiger partial charge in [-0.2, -0.15) is 0 Å². The second-order valence-electron chi connectivity index (χ2n) is 5.17. The van der Waals surface area contributed by atoms with Crippen LogP contribution in [0.2, 0.25) is 0 Å². The highest BCUT2D eigenvalue weighted by molar-refractivity contribution is 7.90. The average molecular weight is 303 g/mol. The number of rotatable bonds is 5. The van der Waals surface area contributed by atoms with Crippen molar-refractivity contribution in [3.8, 4) is 11.1 Å². The Bertz CT molecular complexity index is 685. The second kappa shape index (κ2) is 6.41. The quantitative estimate of drug-likeness (QED) is 0.920. The molecule has 2 aromatic rings. The summed E-state index contributed by atoms with van der Waals surface area (Å²) in [6.07, 6.45) is 2.26. The summed E-state index contributed by atoms with van der Waals surface area (Å²) in [5.41, 5.74) is 3.37. The number of nitrogens with one attached hydrogen (secondary N) is 1. The van der Waals surface area contributed by atoms with Gasteiger partial charge in [0.25, 0.3) is 0 Å². The minimum atomic E-state index is -3.13. The van der Waals surface area contributed by atoms with E-state index in [1.807, 2.05) is 19.2 Å². The molecule has 0 aromatic heterocycles. The van der Waals surface area contributed by atoms with Crippen LogP contribution < -0.4 is 5.32 Å². The van der Waals surface area contributed by atoms with Crippen LogP contribution in [0.5, 0.6) is 0 Å². The van der Waals surface area contributed by atoms with Crippen molar-refractivity contribution in [1.82, 2.24) is 5.32 Å². The van der Waals surface area contributed by atoms with E-state index in [9.17, 15) is 8.42 Å². The van der Waals surface area contributed by atoms with Gasteiger partial charge in [0.1, 0.15) is 0 Å². The highest BCUT2D eigenvalue weighted by Crippen LogP contribution is 2.24. The summed E-state index contributed by atoms with van der Waals surface area (Å²) in [6.45, 7) is 2.15. The fraction of sp³-hybridized carbons (Fsp3) is 0.294. The van der Waals surface area contributed by atoms with Crippen LogP contribution in [0.3, 0.4) is 0 Å². The zero-order valence-corrected chi connectivity index (χ0v) is 13.4. The Morgan fingerprint density at radius 1 is 0.952 bits per heavy atom. The molecule has 0 aliphatic rings. The predicted molar refractivity (Wildman–Crippen MR) is 87.1 cm³/mol. The van der Waals surface area contributed by atoms with Crippen LogP contribution in [0.4, 0.5) is 0 Å². The van der Waals surface area contributed by atoms with E-state index < -0.39 is 9.84 Å². The molecule has 0 fully saturated rings. The molecule has 0 aliphatic heterocycles. The summed E-state index contributed by atoms with van der Waals surface area (Å²) in [4.78, 5) is 0.351. The monoisotopic (exact) mass is 303 g/mol. The summed E-state index contributed by atoms with van der Waals surface area (Å²) in [5.74, 6) is 0. The van der Waals surface area contributed by atoms with Gasteiger partial charge in [0, 0.05) is 12.3 Å². The fourth-order valence-corrected chi connectivity index (χ4v) is 3.04. The van der Waals surface area contributed by atoms with Crippen molar-refractivity contribution in [2.75, 3.05) is 13.3 Å². The molecule has 0 radical (unpaired) electrons. The molecule has 1 atom stereocenters. The number of sulfone groups is 1. The normalized spacial score (nSPS) is 13.1. The molecule has 4 heteroatoms. The van der Waals surface area contributed by atoms with Crippen molar-refractivity contribution in [1.29, 1.82) is 0 Å². The van der Waals surface area contributed by atoms with Crippen molar-refractivity contribution < 1.29 is 8.42 Å². The topological polar surface area (TPSA) is 46.2 Å². The van der Waals surface area contributed by atoms with Crippen LogP contribution in [0.15, 0.2) is 53.4 Å². The maximum Gasteiger partial charge on any atom is 0.175 e. The molecule has 0 saturated heterocycles. The van der Waals surface area contributed by atoms with Crippen molar-refractivity contribution in [3.05, 3.63) is 54.1 Å². The molecule has 0 saturated carbocycles. The van der Waals surface area contributed by atoms with Gasteiger partial charge in [-0.15, -0.1) is 0 Å². The summed E-state index contributed by atoms with van der Waals surface area (Å²) >= 11 is 0. The molecular formula is C17H21NO2S. The summed E-state index contributed by atoms with van der Waals surface area (Å²) < 4.78 is 22.9. The first kappa shape index (κ1) is 15.7. The van der Waals surface area contributed by atoms with E-state index in [4.69, 9.17) is 0 Å². The molecule has 0 amide bonds. The van der Waals surface area contributed by atoms with Crippen LogP contribution in [-0.2, 0) is 9.84 Å². The molecule has 2 aromatic carbocycles. The number of benzene rings is 2. The van der Waals surface area contributed by atoms with Crippen molar-refractivity contribution in [2.24, 2.45) is 0 Å². The van der Waals surface area contributed by atoms with Crippen LogP contribution in [0, 0.1) is 0 Å². The third-order valence-electron chi connectivity index (χ3n) is 3.69. The molecular weight excluding hydrogens is 282 g/mol. The highest BCUT2D eigenvalue weighted by atomic mass is 32.2. The Morgan fingerprint density at radius 3 is 1.81 bits per heavy atom. The van der Waals surface area contributed by atoms with E-state index in [2.05, 4.69) is 36.5 Å². The van der Waals surface area contributed by atoms with Gasteiger partial charge in [-0.1, -0.05) is 43.3 Å². The van der Waals surface area contributed by atoms with Crippen LogP contribution in [-0.4, -0.2) is 21.7 Å². The molecule has 1 N–H and O–H groups in total. The lowest BCUT2D eigenvalue weighted by molar-refractivity contribution is 0.577. The molecule has 21 heavy (non-hydrogen) atoms. The lowest BCUT2D eigenvalue weighted by Crippen LogP contribution is -2.14. The molecule has 0 spiro atoms. The standard InChI is InChI=1S/C17H21NO2S/c1-4-17(18-2)15-7-5-13(6-8-15)14-9-11-16(12-10-14)21(3,19)20/h5-12,17-18H,4H2,1-3H3. The van der Waals surface area contributed by atoms with E-state index >= 15 is 0 Å². The molecule has 0 bridgehead atoms. The van der Waals surface area contributed by atoms with Gasteiger partial charge in [-0.25, -0.2) is 8.42 Å². The van der Waals surface area contributed by atoms with Gasteiger partial charge in [-0.3, -0.25) is 0 Å². The smallest absolute Gasteiger partial charge is 0.175 e. The first-order valence-corrected chi connectivity index (χ1v) is 8.92. The Kier molecular flexibility index (Phi) is 4.80. The SMILES string of the molecule is CCC(NC)c1ccc(-c2ccc(S(C)(=O)=O)cc2)cc1. The summed E-state index contributed by atoms with van der Waals surface area (Å²) in [7, 11) is -1.17. The molecule has 112 valence electrons. The zero-order valence-electron chi connectivity index (χ0n) is 12.6. The average Bonchev–Trinajstić information content (AvgIpc) is 2.48. The fourth-order valence-electron chi connectivity index (χ4n) is 2.41. The van der Waals surface area contributed by atoms with Gasteiger partial charge < -0.3 is 5.32 Å². The van der Waals surface area contributed by atoms with E-state index in [0.29, 0.717) is 10.9 Å². The zero-order chi connectivity index (χ0) is 15.5. The number of hydrogen-bond donors (Lipinski definition) is 1. The van der Waals surface area contributed by atoms with E-state index in [1.54, 1.807) is 12.1 Å². The highest BCUT2D eigenvalue weighted by Gasteiger charge is 2.08. The molecule has 1 unspecified atom stereocenters. The van der Waals surface area contributed by atoms with Crippen LogP contribution in [0.25, 0.3) is 11.1 Å². The number of hydrogen-bond acceptors (Lipinski definition) is 3. The van der Waals surface area contributed by atoms with Crippen LogP contribution >= 0.6 is 0 Å². The van der Waals surface area contributed by atoms with Gasteiger partial charge >= 0.3 is 0 Å². The second-order valence-corrected chi connectivity index (χ2v) is 7.18. The van der Waals surface area contributed by atoms with Crippen molar-refractivity contribution in [2.45, 2.75) is 24.3 Å². The Balaban J connectivity index is 2.27. The van der Waals surface area contributed by atoms with Crippen molar-refractivity contribution in [3.63, 3.8) is 0 Å². The van der Waals surface area contributed by atoms with E-state index in [1.165, 1.54) is 11.8 Å². The minimum absolute atomic E-state index is 0.351. The lowest BCUT2D eigenvalue weighted by Gasteiger charge is -2.14. The van der Waals surface area contributed by atoms with Gasteiger partial charge in [0.2, 0.25) is 0 Å². The first-order valence-electron chi connectivity index (χ1n) is 7.03. The maximum absolute atomic E-state index is 11.5. The lowest BCUT2D eigenvalue weighted by atomic mass is 10.00. The molecule has 0 heterocycles. The Labute approximate surface area is 126 Å². The minimum Gasteiger partial charge on any atom is -0.313 e. The third-order valence-corrected chi connectivity index (χ3v) is 4.81. The van der Waals surface area contributed by atoms with Crippen molar-refractivity contribution >= 4 is 9.84 Å². The van der Waals surface area contributed by atoms with E-state index in [0.717, 1.165) is 17.5 Å². The van der Waals surface area contributed by atoms with E-state index in [-0.39, 0.29) is 0 Å². The molecule has 3 nitrogen and oxygen atoms in total. The van der Waals surface area contributed by atoms with Gasteiger partial charge in [0.05, 0.1) is 4.90 Å². The van der Waals surface area contributed by atoms with Gasteiger partial charge in [0.15, 0.2) is 9.84 Å². The maximum atomic E-state index is 11.5. The molecule has 2 rings (SSSR count). The first-order chi connectivity index (χ1) is 9.95. The predicted octanol–water partition coefficient (Wildman–Crippen LogP) is 3.43.